The second kappa shape index (κ2) is 9.67. The van der Waals surface area contributed by atoms with Crippen molar-refractivity contribution in [2.75, 3.05) is 38.1 Å². The van der Waals surface area contributed by atoms with E-state index in [1.54, 1.807) is 21.3 Å². The van der Waals surface area contributed by atoms with Crippen LogP contribution in [-0.4, -0.2) is 38.9 Å². The average molecular weight is 430 g/mol. The van der Waals surface area contributed by atoms with Crippen molar-refractivity contribution in [3.05, 3.63) is 41.5 Å². The van der Waals surface area contributed by atoms with Gasteiger partial charge < -0.3 is 29.7 Å². The number of nitrogens with one attached hydrogen (secondary N) is 2. The molecule has 2 aromatic carbocycles. The number of methoxy groups -OCH3 is 3. The normalized spacial score (nSPS) is 13.2. The molecule has 0 aromatic heterocycles. The van der Waals surface area contributed by atoms with Gasteiger partial charge in [0.2, 0.25) is 11.7 Å². The first-order valence-electron chi connectivity index (χ1n) is 9.71. The molecule has 1 saturated heterocycles. The third kappa shape index (κ3) is 4.76. The number of nitrogens with zero attached hydrogens (tertiary/aromatic N) is 1. The molecule has 8 heteroatoms. The summed E-state index contributed by atoms with van der Waals surface area (Å²) in [7, 11) is 4.75. The molecule has 3 rings (SSSR count). The van der Waals surface area contributed by atoms with Crippen LogP contribution in [0.3, 0.4) is 0 Å². The second-order valence-corrected chi connectivity index (χ2v) is 7.40. The molecule has 1 aliphatic heterocycles. The monoisotopic (exact) mass is 429 g/mol. The zero-order chi connectivity index (χ0) is 21.7. The fourth-order valence-electron chi connectivity index (χ4n) is 3.53. The Kier molecular flexibility index (Phi) is 6.99. The van der Waals surface area contributed by atoms with Gasteiger partial charge in [0.05, 0.1) is 21.3 Å². The van der Waals surface area contributed by atoms with Crippen LogP contribution in [0.1, 0.15) is 24.0 Å². The van der Waals surface area contributed by atoms with Gasteiger partial charge in [-0.1, -0.05) is 0 Å². The van der Waals surface area contributed by atoms with Crippen molar-refractivity contribution in [1.29, 1.82) is 0 Å². The van der Waals surface area contributed by atoms with Gasteiger partial charge in [-0.2, -0.15) is 0 Å². The van der Waals surface area contributed by atoms with E-state index in [1.807, 2.05) is 42.2 Å². The first kappa shape index (κ1) is 21.7. The number of rotatable bonds is 7. The highest BCUT2D eigenvalue weighted by Crippen LogP contribution is 2.38. The molecule has 0 unspecified atom stereocenters. The van der Waals surface area contributed by atoms with Crippen molar-refractivity contribution in [2.45, 2.75) is 26.3 Å². The van der Waals surface area contributed by atoms with Gasteiger partial charge >= 0.3 is 0 Å². The predicted molar refractivity (Wildman–Crippen MR) is 122 cm³/mol. The Morgan fingerprint density at radius 2 is 1.80 bits per heavy atom. The molecule has 0 bridgehead atoms. The Morgan fingerprint density at radius 3 is 2.33 bits per heavy atom. The van der Waals surface area contributed by atoms with E-state index < -0.39 is 0 Å². The highest BCUT2D eigenvalue weighted by atomic mass is 32.1. The highest BCUT2D eigenvalue weighted by molar-refractivity contribution is 7.80. The second-order valence-electron chi connectivity index (χ2n) is 6.99. The molecule has 30 heavy (non-hydrogen) atoms. The molecule has 2 aromatic rings. The van der Waals surface area contributed by atoms with Crippen LogP contribution in [0.15, 0.2) is 30.3 Å². The minimum atomic E-state index is 0.182. The van der Waals surface area contributed by atoms with E-state index in [9.17, 15) is 4.79 Å². The quantitative estimate of drug-likeness (QED) is 0.651. The molecular weight excluding hydrogens is 402 g/mol. The van der Waals surface area contributed by atoms with Gasteiger partial charge in [0.1, 0.15) is 0 Å². The Morgan fingerprint density at radius 1 is 1.10 bits per heavy atom. The van der Waals surface area contributed by atoms with Crippen molar-refractivity contribution < 1.29 is 19.0 Å². The molecule has 0 saturated carbocycles. The lowest BCUT2D eigenvalue weighted by Crippen LogP contribution is -2.28. The first-order valence-corrected chi connectivity index (χ1v) is 10.1. The maximum Gasteiger partial charge on any atom is 0.227 e. The molecule has 0 radical (unpaired) electrons. The smallest absolute Gasteiger partial charge is 0.227 e. The summed E-state index contributed by atoms with van der Waals surface area (Å²) < 4.78 is 16.1. The summed E-state index contributed by atoms with van der Waals surface area (Å²) in [4.78, 5) is 13.8. The van der Waals surface area contributed by atoms with Gasteiger partial charge in [0.25, 0.3) is 0 Å². The molecule has 0 spiro atoms. The molecule has 7 nitrogen and oxygen atoms in total. The minimum absolute atomic E-state index is 0.182. The topological polar surface area (TPSA) is 72.1 Å². The maximum absolute atomic E-state index is 12.0. The third-order valence-electron chi connectivity index (χ3n) is 5.00. The summed E-state index contributed by atoms with van der Waals surface area (Å²) in [5, 5.41) is 6.87. The summed E-state index contributed by atoms with van der Waals surface area (Å²) in [5.41, 5.74) is 3.79. The van der Waals surface area contributed by atoms with Crippen molar-refractivity contribution >= 4 is 34.6 Å². The first-order chi connectivity index (χ1) is 14.5. The molecule has 160 valence electrons. The number of carbonyl (C=O) groups excluding carboxylic acids is 1. The van der Waals surface area contributed by atoms with Gasteiger partial charge in [-0.3, -0.25) is 4.79 Å². The number of aryl methyl sites for hydroxylation is 1. The predicted octanol–water partition coefficient (Wildman–Crippen LogP) is 3.63. The summed E-state index contributed by atoms with van der Waals surface area (Å²) >= 11 is 5.43. The number of thiocarbonyl (C=S) groups is 1. The average Bonchev–Trinajstić information content (AvgIpc) is 3.17. The summed E-state index contributed by atoms with van der Waals surface area (Å²) in [6, 6.07) is 9.64. The molecule has 0 aliphatic carbocycles. The molecule has 1 amide bonds. The van der Waals surface area contributed by atoms with E-state index in [0.717, 1.165) is 35.5 Å². The number of benzene rings is 2. The van der Waals surface area contributed by atoms with Gasteiger partial charge in [-0.05, 0) is 67.0 Å². The van der Waals surface area contributed by atoms with Crippen molar-refractivity contribution in [3.8, 4) is 17.2 Å². The number of carbonyl (C=O) groups is 1. The highest BCUT2D eigenvalue weighted by Gasteiger charge is 2.23. The van der Waals surface area contributed by atoms with Crippen LogP contribution in [0.5, 0.6) is 17.2 Å². The van der Waals surface area contributed by atoms with Crippen LogP contribution in [0, 0.1) is 6.92 Å². The summed E-state index contributed by atoms with van der Waals surface area (Å²) in [6.45, 7) is 3.27. The zero-order valence-electron chi connectivity index (χ0n) is 17.7. The molecule has 1 fully saturated rings. The van der Waals surface area contributed by atoms with Crippen LogP contribution < -0.4 is 29.7 Å². The number of hydrogen-bond acceptors (Lipinski definition) is 5. The lowest BCUT2D eigenvalue weighted by molar-refractivity contribution is -0.117. The summed E-state index contributed by atoms with van der Waals surface area (Å²) in [6.07, 6.45) is 1.53. The van der Waals surface area contributed by atoms with Crippen molar-refractivity contribution in [3.63, 3.8) is 0 Å². The van der Waals surface area contributed by atoms with Gasteiger partial charge in [-0.15, -0.1) is 0 Å². The SMILES string of the molecule is COc1cc(CNC(=S)Nc2ccc(N3CCCC3=O)c(C)c2)cc(OC)c1OC. The largest absolute Gasteiger partial charge is 0.493 e. The minimum Gasteiger partial charge on any atom is -0.493 e. The number of hydrogen-bond donors (Lipinski definition) is 2. The van der Waals surface area contributed by atoms with E-state index in [4.69, 9.17) is 26.4 Å². The number of anilines is 2. The van der Waals surface area contributed by atoms with E-state index >= 15 is 0 Å². The van der Waals surface area contributed by atoms with E-state index in [0.29, 0.717) is 35.3 Å². The van der Waals surface area contributed by atoms with E-state index in [2.05, 4.69) is 10.6 Å². The van der Waals surface area contributed by atoms with Gasteiger partial charge in [-0.25, -0.2) is 0 Å². The third-order valence-corrected chi connectivity index (χ3v) is 5.24. The molecule has 2 N–H and O–H groups in total. The lowest BCUT2D eigenvalue weighted by atomic mass is 10.1. The summed E-state index contributed by atoms with van der Waals surface area (Å²) in [5.74, 6) is 1.92. The fraction of sp³-hybridized carbons (Fsp3) is 0.364. The zero-order valence-corrected chi connectivity index (χ0v) is 18.5. The number of amides is 1. The van der Waals surface area contributed by atoms with Crippen LogP contribution in [0.2, 0.25) is 0 Å². The fourth-order valence-corrected chi connectivity index (χ4v) is 3.72. The van der Waals surface area contributed by atoms with Crippen molar-refractivity contribution in [2.24, 2.45) is 0 Å². The number of ether oxygens (including phenoxy) is 3. The van der Waals surface area contributed by atoms with Crippen LogP contribution in [-0.2, 0) is 11.3 Å². The van der Waals surface area contributed by atoms with Crippen LogP contribution in [0.25, 0.3) is 0 Å². The lowest BCUT2D eigenvalue weighted by Gasteiger charge is -2.19. The Balaban J connectivity index is 1.64. The molecule has 1 aliphatic rings. The Labute approximate surface area is 182 Å². The van der Waals surface area contributed by atoms with Gasteiger partial charge in [0.15, 0.2) is 16.6 Å². The van der Waals surface area contributed by atoms with Crippen molar-refractivity contribution in [1.82, 2.24) is 5.32 Å². The van der Waals surface area contributed by atoms with Crippen LogP contribution in [0.4, 0.5) is 11.4 Å². The van der Waals surface area contributed by atoms with Crippen LogP contribution >= 0.6 is 12.2 Å². The molecule has 0 atom stereocenters. The van der Waals surface area contributed by atoms with E-state index in [1.165, 1.54) is 0 Å². The standard InChI is InChI=1S/C22H27N3O4S/c1-14-10-16(7-8-17(14)25-9-5-6-20(25)26)24-22(30)23-13-15-11-18(27-2)21(29-4)19(12-15)28-3/h7-8,10-12H,5-6,9,13H2,1-4H3,(H2,23,24,30). The Hall–Kier alpha value is -3.00. The van der Waals surface area contributed by atoms with E-state index in [-0.39, 0.29) is 5.91 Å². The van der Waals surface area contributed by atoms with Gasteiger partial charge in [0, 0.05) is 30.9 Å². The Bertz CT molecular complexity index is 923. The molecular formula is C22H27N3O4S. The molecule has 1 heterocycles. The maximum atomic E-state index is 12.0.